The normalized spacial score (nSPS) is 29.2. The SMILES string of the molecule is N#CC(F)=C[C@H]1CC[C@H](C=C[C@H]2CC[C@H](c3ccc(C#N)cc3)CC2)CC1. The van der Waals surface area contributed by atoms with Crippen LogP contribution in [-0.4, -0.2) is 0 Å². The van der Waals surface area contributed by atoms with Gasteiger partial charge in [-0.3, -0.25) is 0 Å². The Morgan fingerprint density at radius 1 is 0.815 bits per heavy atom. The maximum absolute atomic E-state index is 13.1. The summed E-state index contributed by atoms with van der Waals surface area (Å²) < 4.78 is 13.1. The fourth-order valence-corrected chi connectivity index (χ4v) is 4.54. The molecule has 2 aliphatic rings. The monoisotopic (exact) mass is 362 g/mol. The van der Waals surface area contributed by atoms with Crippen molar-refractivity contribution in [3.8, 4) is 12.1 Å². The summed E-state index contributed by atoms with van der Waals surface area (Å²) in [6.07, 6.45) is 15.4. The van der Waals surface area contributed by atoms with Gasteiger partial charge in [-0.25, -0.2) is 0 Å². The minimum absolute atomic E-state index is 0.233. The number of hydrogen-bond acceptors (Lipinski definition) is 2. The van der Waals surface area contributed by atoms with Crippen LogP contribution in [0.3, 0.4) is 0 Å². The van der Waals surface area contributed by atoms with E-state index in [1.165, 1.54) is 37.3 Å². The van der Waals surface area contributed by atoms with Gasteiger partial charge in [0.05, 0.1) is 11.6 Å². The third kappa shape index (κ3) is 5.54. The maximum Gasteiger partial charge on any atom is 0.196 e. The largest absolute Gasteiger partial charge is 0.196 e. The fraction of sp³-hybridized carbons (Fsp3) is 0.500. The summed E-state index contributed by atoms with van der Waals surface area (Å²) in [6.45, 7) is 0. The van der Waals surface area contributed by atoms with E-state index >= 15 is 0 Å². The molecule has 0 aromatic heterocycles. The highest BCUT2D eigenvalue weighted by molar-refractivity contribution is 5.33. The van der Waals surface area contributed by atoms with Crippen LogP contribution in [0.5, 0.6) is 0 Å². The molecule has 0 N–H and O–H groups in total. The van der Waals surface area contributed by atoms with Crippen LogP contribution < -0.4 is 0 Å². The van der Waals surface area contributed by atoms with Gasteiger partial charge in [-0.2, -0.15) is 14.9 Å². The molecule has 2 nitrogen and oxygen atoms in total. The summed E-state index contributed by atoms with van der Waals surface area (Å²) in [6, 6.07) is 11.8. The first-order valence-electron chi connectivity index (χ1n) is 10.1. The van der Waals surface area contributed by atoms with Gasteiger partial charge < -0.3 is 0 Å². The standard InChI is InChI=1S/C24H27FN2/c25-24(17-27)15-20-5-3-18(4-6-20)1-2-19-7-11-22(12-8-19)23-13-9-21(16-26)10-14-23/h1-2,9-10,13-15,18-20,22H,3-8,11-12H2/t18-,19-,20-,22-. The smallest absolute Gasteiger partial charge is 0.195 e. The predicted octanol–water partition coefficient (Wildman–Crippen LogP) is 6.57. The molecule has 2 aliphatic carbocycles. The zero-order valence-corrected chi connectivity index (χ0v) is 15.8. The van der Waals surface area contributed by atoms with E-state index in [1.807, 2.05) is 12.1 Å². The lowest BCUT2D eigenvalue weighted by Crippen LogP contribution is -2.14. The van der Waals surface area contributed by atoms with Crippen molar-refractivity contribution < 1.29 is 4.39 Å². The molecule has 0 bridgehead atoms. The van der Waals surface area contributed by atoms with E-state index in [4.69, 9.17) is 10.5 Å². The van der Waals surface area contributed by atoms with Crippen LogP contribution in [0.25, 0.3) is 0 Å². The van der Waals surface area contributed by atoms with Gasteiger partial charge in [0.25, 0.3) is 0 Å². The van der Waals surface area contributed by atoms with Crippen molar-refractivity contribution in [3.05, 3.63) is 59.4 Å². The Labute approximate surface area is 162 Å². The Kier molecular flexibility index (Phi) is 6.83. The third-order valence-corrected chi connectivity index (χ3v) is 6.24. The van der Waals surface area contributed by atoms with E-state index < -0.39 is 5.83 Å². The van der Waals surface area contributed by atoms with Crippen LogP contribution in [0.1, 0.15) is 68.4 Å². The van der Waals surface area contributed by atoms with Crippen LogP contribution in [0.15, 0.2) is 48.3 Å². The zero-order valence-electron chi connectivity index (χ0n) is 15.8. The number of halogens is 1. The highest BCUT2D eigenvalue weighted by Crippen LogP contribution is 2.37. The number of allylic oxidation sites excluding steroid dienone is 4. The van der Waals surface area contributed by atoms with E-state index in [9.17, 15) is 4.39 Å². The maximum atomic E-state index is 13.1. The van der Waals surface area contributed by atoms with E-state index in [1.54, 1.807) is 6.07 Å². The minimum atomic E-state index is -0.631. The van der Waals surface area contributed by atoms with Crippen molar-refractivity contribution in [2.75, 3.05) is 0 Å². The Bertz CT molecular complexity index is 747. The van der Waals surface area contributed by atoms with Crippen molar-refractivity contribution in [1.29, 1.82) is 10.5 Å². The fourth-order valence-electron chi connectivity index (χ4n) is 4.54. The van der Waals surface area contributed by atoms with Gasteiger partial charge in [0, 0.05) is 0 Å². The highest BCUT2D eigenvalue weighted by atomic mass is 19.1. The molecule has 1 aromatic carbocycles. The van der Waals surface area contributed by atoms with Crippen LogP contribution in [0, 0.1) is 40.4 Å². The summed E-state index contributed by atoms with van der Waals surface area (Å²) in [4.78, 5) is 0. The molecule has 2 saturated carbocycles. The number of hydrogen-bond donors (Lipinski definition) is 0. The molecule has 0 saturated heterocycles. The molecule has 3 rings (SSSR count). The van der Waals surface area contributed by atoms with Gasteiger partial charge in [-0.05, 0) is 98.8 Å². The van der Waals surface area contributed by atoms with Crippen molar-refractivity contribution >= 4 is 0 Å². The first-order valence-corrected chi connectivity index (χ1v) is 10.1. The molecule has 0 radical (unpaired) electrons. The van der Waals surface area contributed by atoms with Crippen LogP contribution in [0.4, 0.5) is 4.39 Å². The van der Waals surface area contributed by atoms with Gasteiger partial charge in [-0.1, -0.05) is 24.3 Å². The predicted molar refractivity (Wildman–Crippen MR) is 105 cm³/mol. The quantitative estimate of drug-likeness (QED) is 0.449. The summed E-state index contributed by atoms with van der Waals surface area (Å²) in [7, 11) is 0. The average molecular weight is 362 g/mol. The van der Waals surface area contributed by atoms with Crippen molar-refractivity contribution in [2.45, 2.75) is 57.3 Å². The molecule has 3 heteroatoms. The lowest BCUT2D eigenvalue weighted by molar-refractivity contribution is 0.346. The summed E-state index contributed by atoms with van der Waals surface area (Å²) in [5, 5.41) is 17.5. The molecular formula is C24H27FN2. The highest BCUT2D eigenvalue weighted by Gasteiger charge is 2.22. The molecule has 0 spiro atoms. The molecule has 0 amide bonds. The lowest BCUT2D eigenvalue weighted by Gasteiger charge is -2.28. The van der Waals surface area contributed by atoms with Crippen molar-refractivity contribution in [2.24, 2.45) is 17.8 Å². The van der Waals surface area contributed by atoms with Crippen molar-refractivity contribution in [1.82, 2.24) is 0 Å². The molecule has 0 heterocycles. The topological polar surface area (TPSA) is 47.6 Å². The van der Waals surface area contributed by atoms with Crippen LogP contribution in [-0.2, 0) is 0 Å². The Morgan fingerprint density at radius 2 is 1.33 bits per heavy atom. The molecule has 0 aliphatic heterocycles. The Hall–Kier alpha value is -2.39. The van der Waals surface area contributed by atoms with E-state index in [0.29, 0.717) is 17.8 Å². The molecular weight excluding hydrogens is 335 g/mol. The second-order valence-corrected chi connectivity index (χ2v) is 8.03. The Balaban J connectivity index is 1.43. The molecule has 0 unspecified atom stereocenters. The van der Waals surface area contributed by atoms with Crippen molar-refractivity contribution in [3.63, 3.8) is 0 Å². The molecule has 140 valence electrons. The molecule has 1 aromatic rings. The van der Waals surface area contributed by atoms with Gasteiger partial charge in [0.15, 0.2) is 5.83 Å². The lowest BCUT2D eigenvalue weighted by atomic mass is 9.77. The number of benzene rings is 1. The first kappa shape index (κ1) is 19.4. The summed E-state index contributed by atoms with van der Waals surface area (Å²) in [5.41, 5.74) is 2.10. The summed E-state index contributed by atoms with van der Waals surface area (Å²) in [5.74, 6) is 1.51. The first-order chi connectivity index (χ1) is 13.2. The Morgan fingerprint density at radius 3 is 1.85 bits per heavy atom. The van der Waals surface area contributed by atoms with Gasteiger partial charge >= 0.3 is 0 Å². The van der Waals surface area contributed by atoms with Gasteiger partial charge in [0.2, 0.25) is 0 Å². The molecule has 27 heavy (non-hydrogen) atoms. The van der Waals surface area contributed by atoms with E-state index in [2.05, 4.69) is 30.4 Å². The molecule has 2 fully saturated rings. The summed E-state index contributed by atoms with van der Waals surface area (Å²) >= 11 is 0. The number of rotatable bonds is 4. The number of nitriles is 2. The minimum Gasteiger partial charge on any atom is -0.195 e. The average Bonchev–Trinajstić information content (AvgIpc) is 2.73. The molecule has 0 atom stereocenters. The van der Waals surface area contributed by atoms with Crippen LogP contribution >= 0.6 is 0 Å². The van der Waals surface area contributed by atoms with E-state index in [-0.39, 0.29) is 5.92 Å². The van der Waals surface area contributed by atoms with Crippen LogP contribution in [0.2, 0.25) is 0 Å². The number of nitrogens with zero attached hydrogens (tertiary/aromatic N) is 2. The second kappa shape index (κ2) is 9.52. The zero-order chi connectivity index (χ0) is 19.1. The third-order valence-electron chi connectivity index (χ3n) is 6.24. The van der Waals surface area contributed by atoms with Gasteiger partial charge in [-0.15, -0.1) is 0 Å². The second-order valence-electron chi connectivity index (χ2n) is 8.03. The van der Waals surface area contributed by atoms with E-state index in [0.717, 1.165) is 31.2 Å². The van der Waals surface area contributed by atoms with Gasteiger partial charge in [0.1, 0.15) is 6.07 Å².